The van der Waals surface area contributed by atoms with Crippen molar-refractivity contribution >= 4 is 22.9 Å². The summed E-state index contributed by atoms with van der Waals surface area (Å²) in [5.74, 6) is -0.589. The summed E-state index contributed by atoms with van der Waals surface area (Å²) < 4.78 is 10.3. The van der Waals surface area contributed by atoms with Crippen molar-refractivity contribution in [3.05, 3.63) is 51.7 Å². The number of aromatic amines is 1. The minimum absolute atomic E-state index is 0.0126. The second kappa shape index (κ2) is 5.44. The summed E-state index contributed by atoms with van der Waals surface area (Å²) >= 11 is 0. The van der Waals surface area contributed by atoms with E-state index in [1.165, 1.54) is 25.6 Å². The number of amides is 2. The first-order valence-electron chi connectivity index (χ1n) is 6.60. The Bertz CT molecular complexity index is 965. The Morgan fingerprint density at radius 2 is 1.91 bits per heavy atom. The predicted octanol–water partition coefficient (Wildman–Crippen LogP) is 0.801. The normalized spacial score (nSPS) is 10.7. The molecule has 0 aliphatic rings. The van der Waals surface area contributed by atoms with Crippen LogP contribution in [0.25, 0.3) is 11.1 Å². The molecule has 2 amide bonds. The molecule has 3 N–H and O–H groups in total. The van der Waals surface area contributed by atoms with Crippen LogP contribution in [0, 0.1) is 13.8 Å². The summed E-state index contributed by atoms with van der Waals surface area (Å²) in [4.78, 5) is 42.3. The van der Waals surface area contributed by atoms with Crippen molar-refractivity contribution in [2.24, 2.45) is 0 Å². The van der Waals surface area contributed by atoms with Crippen molar-refractivity contribution in [2.75, 3.05) is 0 Å². The second-order valence-corrected chi connectivity index (χ2v) is 4.74. The largest absolute Gasteiger partial charge is 0.469 e. The van der Waals surface area contributed by atoms with E-state index < -0.39 is 17.4 Å². The number of H-pyrrole nitrogens is 1. The standard InChI is InChI=1S/C14H12N4O5/c1-6-8(3-4-22-6)11(19)17-18-13(21)9-7(2)23-14-10(9)12(20)15-5-16-14/h3-5H,1-2H3,(H,17,19)(H,18,21)(H,15,16,20). The van der Waals surface area contributed by atoms with Gasteiger partial charge in [0.1, 0.15) is 16.9 Å². The fourth-order valence-corrected chi connectivity index (χ4v) is 2.19. The summed E-state index contributed by atoms with van der Waals surface area (Å²) in [5.41, 5.74) is 4.34. The summed E-state index contributed by atoms with van der Waals surface area (Å²) in [7, 11) is 0. The summed E-state index contributed by atoms with van der Waals surface area (Å²) in [6.07, 6.45) is 2.55. The molecule has 3 rings (SSSR count). The van der Waals surface area contributed by atoms with Gasteiger partial charge in [0.25, 0.3) is 17.4 Å². The van der Waals surface area contributed by atoms with Gasteiger partial charge in [-0.05, 0) is 19.9 Å². The molecule has 0 aliphatic carbocycles. The lowest BCUT2D eigenvalue weighted by molar-refractivity contribution is 0.0845. The molecule has 0 atom stereocenters. The van der Waals surface area contributed by atoms with E-state index in [4.69, 9.17) is 8.83 Å². The van der Waals surface area contributed by atoms with Gasteiger partial charge in [0.05, 0.1) is 23.7 Å². The van der Waals surface area contributed by atoms with Crippen LogP contribution in [0.3, 0.4) is 0 Å². The molecular formula is C14H12N4O5. The third-order valence-corrected chi connectivity index (χ3v) is 3.29. The van der Waals surface area contributed by atoms with Gasteiger partial charge in [0.15, 0.2) is 0 Å². The van der Waals surface area contributed by atoms with Crippen LogP contribution in [-0.2, 0) is 0 Å². The number of carbonyl (C=O) groups is 2. The first-order valence-corrected chi connectivity index (χ1v) is 6.60. The quantitative estimate of drug-likeness (QED) is 0.599. The molecular weight excluding hydrogens is 304 g/mol. The molecule has 118 valence electrons. The van der Waals surface area contributed by atoms with E-state index in [1.54, 1.807) is 6.92 Å². The molecule has 3 heterocycles. The molecule has 3 aromatic rings. The first kappa shape index (κ1) is 14.6. The SMILES string of the molecule is Cc1occc1C(=O)NNC(=O)c1c(C)oc2nc[nH]c(=O)c12. The number of hydrogen-bond donors (Lipinski definition) is 3. The van der Waals surface area contributed by atoms with E-state index in [2.05, 4.69) is 20.8 Å². The van der Waals surface area contributed by atoms with Crippen molar-refractivity contribution in [1.29, 1.82) is 0 Å². The van der Waals surface area contributed by atoms with E-state index in [0.29, 0.717) is 11.3 Å². The van der Waals surface area contributed by atoms with Crippen LogP contribution in [0.15, 0.2) is 32.3 Å². The van der Waals surface area contributed by atoms with Crippen LogP contribution in [0.4, 0.5) is 0 Å². The highest BCUT2D eigenvalue weighted by molar-refractivity contribution is 6.07. The molecule has 9 heteroatoms. The Morgan fingerprint density at radius 1 is 1.17 bits per heavy atom. The Hall–Kier alpha value is -3.36. The first-order chi connectivity index (χ1) is 11.0. The molecule has 0 spiro atoms. The number of nitrogens with one attached hydrogen (secondary N) is 3. The maximum absolute atomic E-state index is 12.3. The lowest BCUT2D eigenvalue weighted by Gasteiger charge is -2.06. The van der Waals surface area contributed by atoms with Gasteiger partial charge < -0.3 is 13.8 Å². The molecule has 0 fully saturated rings. The van der Waals surface area contributed by atoms with Crippen molar-refractivity contribution in [3.8, 4) is 0 Å². The predicted molar refractivity (Wildman–Crippen MR) is 77.7 cm³/mol. The zero-order chi connectivity index (χ0) is 16.6. The molecule has 0 aliphatic heterocycles. The van der Waals surface area contributed by atoms with Gasteiger partial charge in [-0.25, -0.2) is 4.98 Å². The van der Waals surface area contributed by atoms with Crippen LogP contribution in [0.2, 0.25) is 0 Å². The average Bonchev–Trinajstić information content (AvgIpc) is 3.08. The number of aromatic nitrogens is 2. The van der Waals surface area contributed by atoms with Crippen LogP contribution < -0.4 is 16.4 Å². The fourth-order valence-electron chi connectivity index (χ4n) is 2.19. The maximum atomic E-state index is 12.3. The average molecular weight is 316 g/mol. The van der Waals surface area contributed by atoms with Gasteiger partial charge in [0, 0.05) is 0 Å². The number of fused-ring (bicyclic) bond motifs is 1. The Labute approximate surface area is 128 Å². The highest BCUT2D eigenvalue weighted by Crippen LogP contribution is 2.20. The van der Waals surface area contributed by atoms with Gasteiger partial charge in [-0.1, -0.05) is 0 Å². The zero-order valence-corrected chi connectivity index (χ0v) is 12.2. The number of furan rings is 2. The van der Waals surface area contributed by atoms with Crippen molar-refractivity contribution < 1.29 is 18.4 Å². The lowest BCUT2D eigenvalue weighted by Crippen LogP contribution is -2.42. The van der Waals surface area contributed by atoms with Crippen LogP contribution in [0.5, 0.6) is 0 Å². The van der Waals surface area contributed by atoms with Gasteiger partial charge in [-0.15, -0.1) is 0 Å². The molecule has 0 unspecified atom stereocenters. The Kier molecular flexibility index (Phi) is 3.45. The summed E-state index contributed by atoms with van der Waals surface area (Å²) in [5, 5.41) is 0.0243. The maximum Gasteiger partial charge on any atom is 0.274 e. The smallest absolute Gasteiger partial charge is 0.274 e. The molecule has 23 heavy (non-hydrogen) atoms. The Balaban J connectivity index is 1.85. The van der Waals surface area contributed by atoms with Crippen LogP contribution >= 0.6 is 0 Å². The van der Waals surface area contributed by atoms with Gasteiger partial charge in [-0.3, -0.25) is 25.2 Å². The van der Waals surface area contributed by atoms with E-state index in [0.717, 1.165) is 0 Å². The molecule has 0 aromatic carbocycles. The molecule has 0 radical (unpaired) electrons. The minimum Gasteiger partial charge on any atom is -0.469 e. The van der Waals surface area contributed by atoms with E-state index in [1.807, 2.05) is 0 Å². The van der Waals surface area contributed by atoms with Crippen LogP contribution in [0.1, 0.15) is 32.2 Å². The number of rotatable bonds is 2. The molecule has 0 saturated carbocycles. The van der Waals surface area contributed by atoms with Crippen molar-refractivity contribution in [1.82, 2.24) is 20.8 Å². The van der Waals surface area contributed by atoms with Gasteiger partial charge in [0.2, 0.25) is 5.71 Å². The molecule has 0 saturated heterocycles. The number of carbonyl (C=O) groups excluding carboxylic acids is 2. The summed E-state index contributed by atoms with van der Waals surface area (Å²) in [6.45, 7) is 3.15. The topological polar surface area (TPSA) is 130 Å². The monoisotopic (exact) mass is 316 g/mol. The third-order valence-electron chi connectivity index (χ3n) is 3.29. The zero-order valence-electron chi connectivity index (χ0n) is 12.2. The number of nitrogens with zero attached hydrogens (tertiary/aromatic N) is 1. The number of aryl methyl sites for hydroxylation is 2. The van der Waals surface area contributed by atoms with Gasteiger partial charge in [-0.2, -0.15) is 0 Å². The van der Waals surface area contributed by atoms with E-state index in [-0.39, 0.29) is 22.4 Å². The van der Waals surface area contributed by atoms with Crippen LogP contribution in [-0.4, -0.2) is 21.8 Å². The Morgan fingerprint density at radius 3 is 2.61 bits per heavy atom. The van der Waals surface area contributed by atoms with Gasteiger partial charge >= 0.3 is 0 Å². The van der Waals surface area contributed by atoms with Crippen molar-refractivity contribution in [2.45, 2.75) is 13.8 Å². The fraction of sp³-hybridized carbons (Fsp3) is 0.143. The molecule has 0 bridgehead atoms. The minimum atomic E-state index is -0.686. The highest BCUT2D eigenvalue weighted by Gasteiger charge is 2.22. The van der Waals surface area contributed by atoms with E-state index in [9.17, 15) is 14.4 Å². The van der Waals surface area contributed by atoms with Crippen molar-refractivity contribution in [3.63, 3.8) is 0 Å². The highest BCUT2D eigenvalue weighted by atomic mass is 16.3. The third kappa shape index (κ3) is 2.48. The lowest BCUT2D eigenvalue weighted by atomic mass is 10.2. The summed E-state index contributed by atoms with van der Waals surface area (Å²) in [6, 6.07) is 1.48. The number of hydrogen-bond acceptors (Lipinski definition) is 6. The second-order valence-electron chi connectivity index (χ2n) is 4.74. The van der Waals surface area contributed by atoms with E-state index >= 15 is 0 Å². The number of hydrazine groups is 1. The molecule has 9 nitrogen and oxygen atoms in total. The molecule has 3 aromatic heterocycles.